The van der Waals surface area contributed by atoms with Gasteiger partial charge in [0.25, 0.3) is 0 Å². The summed E-state index contributed by atoms with van der Waals surface area (Å²) in [5.41, 5.74) is 8.36. The molecule has 21 heavy (non-hydrogen) atoms. The highest BCUT2D eigenvalue weighted by Crippen LogP contribution is 2.33. The molecule has 5 nitrogen and oxygen atoms in total. The highest BCUT2D eigenvalue weighted by Gasteiger charge is 2.32. The normalized spacial score (nSPS) is 17.8. The van der Waals surface area contributed by atoms with E-state index in [0.717, 1.165) is 35.0 Å². The lowest BCUT2D eigenvalue weighted by atomic mass is 9.90. The van der Waals surface area contributed by atoms with Crippen molar-refractivity contribution < 1.29 is 9.84 Å². The number of nitrogens with two attached hydrogens (primary N) is 1. The first kappa shape index (κ1) is 14.1. The molecule has 0 aliphatic carbocycles. The van der Waals surface area contributed by atoms with Crippen LogP contribution in [0.2, 0.25) is 0 Å². The molecule has 1 aromatic heterocycles. The lowest BCUT2D eigenvalue weighted by molar-refractivity contribution is 0.0380. The highest BCUT2D eigenvalue weighted by molar-refractivity contribution is 6.01. The standard InChI is InChI=1S/C16H21N3O2/c1-11-8-12-13(9-18-11)14(17)2-3-15(12)19-16(10-20)4-6-21-7-5-16/h2-3,8-9,19-20H,4-7,10,17H2,1H3. The minimum atomic E-state index is -0.321. The second kappa shape index (κ2) is 5.50. The summed E-state index contributed by atoms with van der Waals surface area (Å²) >= 11 is 0. The average molecular weight is 287 g/mol. The van der Waals surface area contributed by atoms with Gasteiger partial charge in [-0.1, -0.05) is 0 Å². The maximum absolute atomic E-state index is 9.83. The maximum atomic E-state index is 9.83. The van der Waals surface area contributed by atoms with E-state index in [9.17, 15) is 5.11 Å². The van der Waals surface area contributed by atoms with Crippen LogP contribution in [0, 0.1) is 6.92 Å². The van der Waals surface area contributed by atoms with Crippen LogP contribution in [0.15, 0.2) is 24.4 Å². The zero-order chi connectivity index (χ0) is 14.9. The number of aliphatic hydroxyl groups is 1. The van der Waals surface area contributed by atoms with Crippen molar-refractivity contribution in [2.75, 3.05) is 30.9 Å². The van der Waals surface area contributed by atoms with Crippen molar-refractivity contribution in [3.63, 3.8) is 0 Å². The fraction of sp³-hybridized carbons (Fsp3) is 0.438. The number of nitrogens with one attached hydrogen (secondary N) is 1. The van der Waals surface area contributed by atoms with Crippen LogP contribution in [0.5, 0.6) is 0 Å². The van der Waals surface area contributed by atoms with Crippen molar-refractivity contribution in [3.05, 3.63) is 30.1 Å². The Morgan fingerprint density at radius 1 is 1.33 bits per heavy atom. The Morgan fingerprint density at radius 3 is 2.81 bits per heavy atom. The van der Waals surface area contributed by atoms with Crippen molar-refractivity contribution >= 4 is 22.1 Å². The number of hydrogen-bond donors (Lipinski definition) is 3. The van der Waals surface area contributed by atoms with Crippen molar-refractivity contribution in [2.45, 2.75) is 25.3 Å². The van der Waals surface area contributed by atoms with Gasteiger partial charge in [-0.2, -0.15) is 0 Å². The molecule has 0 spiro atoms. The van der Waals surface area contributed by atoms with Crippen LogP contribution in [-0.2, 0) is 4.74 Å². The summed E-state index contributed by atoms with van der Waals surface area (Å²) < 4.78 is 5.41. The van der Waals surface area contributed by atoms with Crippen LogP contribution in [0.4, 0.5) is 11.4 Å². The van der Waals surface area contributed by atoms with E-state index in [1.807, 2.05) is 25.1 Å². The molecule has 2 aromatic rings. The Morgan fingerprint density at radius 2 is 2.10 bits per heavy atom. The zero-order valence-corrected chi connectivity index (χ0v) is 12.2. The summed E-state index contributed by atoms with van der Waals surface area (Å²) in [5.74, 6) is 0. The molecule has 0 radical (unpaired) electrons. The minimum Gasteiger partial charge on any atom is -0.398 e. The number of pyridine rings is 1. The molecule has 5 heteroatoms. The average Bonchev–Trinajstić information content (AvgIpc) is 2.51. The van der Waals surface area contributed by atoms with Crippen LogP contribution in [0.3, 0.4) is 0 Å². The molecule has 1 aromatic carbocycles. The lowest BCUT2D eigenvalue weighted by Crippen LogP contribution is -2.46. The molecule has 1 aliphatic heterocycles. The molecular weight excluding hydrogens is 266 g/mol. The molecule has 0 bridgehead atoms. The van der Waals surface area contributed by atoms with E-state index >= 15 is 0 Å². The van der Waals surface area contributed by atoms with Crippen LogP contribution in [0.25, 0.3) is 10.8 Å². The predicted octanol–water partition coefficient (Wildman–Crippen LogP) is 2.08. The van der Waals surface area contributed by atoms with Crippen LogP contribution < -0.4 is 11.1 Å². The van der Waals surface area contributed by atoms with E-state index in [1.165, 1.54) is 0 Å². The van der Waals surface area contributed by atoms with Crippen molar-refractivity contribution in [1.29, 1.82) is 0 Å². The molecule has 3 rings (SSSR count). The van der Waals surface area contributed by atoms with E-state index in [-0.39, 0.29) is 12.1 Å². The monoisotopic (exact) mass is 287 g/mol. The Bertz CT molecular complexity index is 651. The van der Waals surface area contributed by atoms with Crippen molar-refractivity contribution in [2.24, 2.45) is 0 Å². The number of ether oxygens (including phenoxy) is 1. The van der Waals surface area contributed by atoms with E-state index in [1.54, 1.807) is 6.20 Å². The maximum Gasteiger partial charge on any atom is 0.0663 e. The third-order valence-corrected chi connectivity index (χ3v) is 4.22. The lowest BCUT2D eigenvalue weighted by Gasteiger charge is -2.37. The fourth-order valence-corrected chi connectivity index (χ4v) is 2.84. The number of nitrogen functional groups attached to an aromatic ring is 1. The molecular formula is C16H21N3O2. The van der Waals surface area contributed by atoms with Gasteiger partial charge in [0.2, 0.25) is 0 Å². The molecule has 0 unspecified atom stereocenters. The number of aromatic nitrogens is 1. The summed E-state index contributed by atoms with van der Waals surface area (Å²) in [6, 6.07) is 5.88. The second-order valence-electron chi connectivity index (χ2n) is 5.75. The van der Waals surface area contributed by atoms with Gasteiger partial charge in [0.15, 0.2) is 0 Å². The highest BCUT2D eigenvalue weighted by atomic mass is 16.5. The summed E-state index contributed by atoms with van der Waals surface area (Å²) in [6.07, 6.45) is 3.39. The first-order valence-electron chi connectivity index (χ1n) is 7.25. The van der Waals surface area contributed by atoms with Crippen LogP contribution >= 0.6 is 0 Å². The van der Waals surface area contributed by atoms with E-state index < -0.39 is 0 Å². The zero-order valence-electron chi connectivity index (χ0n) is 12.2. The molecule has 0 saturated carbocycles. The van der Waals surface area contributed by atoms with Gasteiger partial charge in [-0.05, 0) is 38.0 Å². The van der Waals surface area contributed by atoms with Gasteiger partial charge in [-0.25, -0.2) is 0 Å². The van der Waals surface area contributed by atoms with E-state index in [2.05, 4.69) is 10.3 Å². The number of aryl methyl sites for hydroxylation is 1. The van der Waals surface area contributed by atoms with Crippen LogP contribution in [0.1, 0.15) is 18.5 Å². The number of hydrogen-bond acceptors (Lipinski definition) is 5. The third kappa shape index (κ3) is 2.66. The number of benzene rings is 1. The molecule has 2 heterocycles. The number of fused-ring (bicyclic) bond motifs is 1. The number of rotatable bonds is 3. The number of anilines is 2. The molecule has 1 aliphatic rings. The largest absolute Gasteiger partial charge is 0.398 e. The molecule has 1 fully saturated rings. The van der Waals surface area contributed by atoms with Gasteiger partial charge >= 0.3 is 0 Å². The van der Waals surface area contributed by atoms with Crippen molar-refractivity contribution in [3.8, 4) is 0 Å². The number of nitrogens with zero attached hydrogens (tertiary/aromatic N) is 1. The third-order valence-electron chi connectivity index (χ3n) is 4.22. The van der Waals surface area contributed by atoms with Gasteiger partial charge in [0.05, 0.1) is 12.1 Å². The summed E-state index contributed by atoms with van der Waals surface area (Å²) in [4.78, 5) is 4.32. The Kier molecular flexibility index (Phi) is 3.69. The smallest absolute Gasteiger partial charge is 0.0663 e. The Labute approximate surface area is 124 Å². The SMILES string of the molecule is Cc1cc2c(NC3(CO)CCOCC3)ccc(N)c2cn1. The summed E-state index contributed by atoms with van der Waals surface area (Å²) in [6.45, 7) is 3.39. The second-order valence-corrected chi connectivity index (χ2v) is 5.75. The molecule has 112 valence electrons. The fourth-order valence-electron chi connectivity index (χ4n) is 2.84. The van der Waals surface area contributed by atoms with Gasteiger partial charge < -0.3 is 20.9 Å². The van der Waals surface area contributed by atoms with Crippen LogP contribution in [-0.4, -0.2) is 35.5 Å². The first-order valence-corrected chi connectivity index (χ1v) is 7.25. The van der Waals surface area contributed by atoms with Gasteiger partial charge in [-0.15, -0.1) is 0 Å². The van der Waals surface area contributed by atoms with Crippen molar-refractivity contribution in [1.82, 2.24) is 4.98 Å². The summed E-state index contributed by atoms with van der Waals surface area (Å²) in [5, 5.41) is 15.3. The minimum absolute atomic E-state index is 0.0896. The first-order chi connectivity index (χ1) is 10.1. The number of aliphatic hydroxyl groups excluding tert-OH is 1. The molecule has 4 N–H and O–H groups in total. The summed E-state index contributed by atoms with van der Waals surface area (Å²) in [7, 11) is 0. The Balaban J connectivity index is 2.03. The molecule has 0 atom stereocenters. The molecule has 1 saturated heterocycles. The van der Waals surface area contributed by atoms with Gasteiger partial charge in [0, 0.05) is 47.3 Å². The quantitative estimate of drug-likeness (QED) is 0.753. The Hall–Kier alpha value is -1.85. The topological polar surface area (TPSA) is 80.4 Å². The molecule has 0 amide bonds. The van der Waals surface area contributed by atoms with E-state index in [0.29, 0.717) is 18.9 Å². The van der Waals surface area contributed by atoms with Gasteiger partial charge in [-0.3, -0.25) is 4.98 Å². The van der Waals surface area contributed by atoms with E-state index in [4.69, 9.17) is 10.5 Å². The predicted molar refractivity (Wildman–Crippen MR) is 84.4 cm³/mol. The van der Waals surface area contributed by atoms with Gasteiger partial charge in [0.1, 0.15) is 0 Å².